The second kappa shape index (κ2) is 6.26. The van der Waals surface area contributed by atoms with Crippen LogP contribution >= 0.6 is 23.2 Å². The molecular formula is C12H21Cl2NO2. The summed E-state index contributed by atoms with van der Waals surface area (Å²) in [4.78, 5) is 12.0. The van der Waals surface area contributed by atoms with Crippen LogP contribution in [0.1, 0.15) is 39.0 Å². The third-order valence-electron chi connectivity index (χ3n) is 3.77. The monoisotopic (exact) mass is 281 g/mol. The first kappa shape index (κ1) is 15.1. The third kappa shape index (κ3) is 3.49. The Balaban J connectivity index is 2.53. The summed E-state index contributed by atoms with van der Waals surface area (Å²) in [5, 5.41) is 2.95. The molecule has 1 saturated carbocycles. The molecular weight excluding hydrogens is 261 g/mol. The maximum atomic E-state index is 12.0. The van der Waals surface area contributed by atoms with Crippen molar-refractivity contribution < 1.29 is 9.53 Å². The van der Waals surface area contributed by atoms with Crippen molar-refractivity contribution in [2.75, 3.05) is 18.9 Å². The second-order valence-corrected chi connectivity index (χ2v) is 5.40. The molecule has 0 atom stereocenters. The van der Waals surface area contributed by atoms with Crippen LogP contribution in [0.3, 0.4) is 0 Å². The van der Waals surface area contributed by atoms with Gasteiger partial charge in [-0.05, 0) is 25.7 Å². The average Bonchev–Trinajstić information content (AvgIpc) is 2.31. The number of carbonyl (C=O) groups excluding carboxylic acids is 1. The molecule has 0 aromatic rings. The number of hydrogen-bond donors (Lipinski definition) is 1. The fourth-order valence-electron chi connectivity index (χ4n) is 2.04. The molecule has 3 nitrogen and oxygen atoms in total. The Morgan fingerprint density at radius 1 is 1.41 bits per heavy atom. The summed E-state index contributed by atoms with van der Waals surface area (Å²) in [6.45, 7) is 1.97. The van der Waals surface area contributed by atoms with E-state index in [4.69, 9.17) is 27.9 Å². The van der Waals surface area contributed by atoms with E-state index in [1.54, 1.807) is 7.11 Å². The molecule has 1 N–H and O–H groups in total. The Morgan fingerprint density at radius 2 is 2.00 bits per heavy atom. The van der Waals surface area contributed by atoms with E-state index < -0.39 is 5.54 Å². The minimum atomic E-state index is -0.487. The first-order valence-electron chi connectivity index (χ1n) is 6.03. The van der Waals surface area contributed by atoms with Gasteiger partial charge in [-0.1, -0.05) is 6.92 Å². The van der Waals surface area contributed by atoms with Crippen LogP contribution in [0.5, 0.6) is 0 Å². The molecule has 0 radical (unpaired) electrons. The van der Waals surface area contributed by atoms with Crippen LogP contribution < -0.4 is 5.32 Å². The molecule has 0 heterocycles. The lowest BCUT2D eigenvalue weighted by Crippen LogP contribution is -2.54. The molecule has 1 amide bonds. The molecule has 0 aromatic carbocycles. The van der Waals surface area contributed by atoms with Crippen LogP contribution in [0.15, 0.2) is 0 Å². The van der Waals surface area contributed by atoms with E-state index >= 15 is 0 Å². The van der Waals surface area contributed by atoms with Crippen molar-refractivity contribution in [1.82, 2.24) is 5.32 Å². The number of ether oxygens (including phenoxy) is 1. The molecule has 1 fully saturated rings. The predicted molar refractivity (Wildman–Crippen MR) is 70.8 cm³/mol. The van der Waals surface area contributed by atoms with Gasteiger partial charge in [-0.2, -0.15) is 0 Å². The van der Waals surface area contributed by atoms with E-state index in [2.05, 4.69) is 5.32 Å². The Bertz CT molecular complexity index is 249. The van der Waals surface area contributed by atoms with Gasteiger partial charge in [0.1, 0.15) is 0 Å². The van der Waals surface area contributed by atoms with Crippen molar-refractivity contribution in [2.45, 2.75) is 50.2 Å². The zero-order valence-electron chi connectivity index (χ0n) is 10.5. The lowest BCUT2D eigenvalue weighted by Gasteiger charge is -2.41. The van der Waals surface area contributed by atoms with Crippen LogP contribution in [0.2, 0.25) is 0 Å². The van der Waals surface area contributed by atoms with Crippen LogP contribution in [0.25, 0.3) is 0 Å². The highest BCUT2D eigenvalue weighted by molar-refractivity contribution is 6.22. The fraction of sp³-hybridized carbons (Fsp3) is 0.917. The Hall–Kier alpha value is 0.01000. The lowest BCUT2D eigenvalue weighted by atomic mass is 9.77. The highest BCUT2D eigenvalue weighted by Crippen LogP contribution is 2.38. The van der Waals surface area contributed by atoms with E-state index in [-0.39, 0.29) is 11.5 Å². The van der Waals surface area contributed by atoms with Crippen LogP contribution in [-0.2, 0) is 9.53 Å². The standard InChI is InChI=1S/C12H21Cl2NO2/c1-3-11(8-13,9-14)15-10(16)7-12(17-2)5-4-6-12/h3-9H2,1-2H3,(H,15,16). The number of amides is 1. The average molecular weight is 282 g/mol. The summed E-state index contributed by atoms with van der Waals surface area (Å²) < 4.78 is 5.43. The van der Waals surface area contributed by atoms with Gasteiger partial charge in [0.05, 0.1) is 17.6 Å². The SMILES string of the molecule is CCC(CCl)(CCl)NC(=O)CC1(OC)CCC1. The highest BCUT2D eigenvalue weighted by atomic mass is 35.5. The number of carbonyl (C=O) groups is 1. The van der Waals surface area contributed by atoms with Gasteiger partial charge in [0.15, 0.2) is 0 Å². The number of halogens is 2. The summed E-state index contributed by atoms with van der Waals surface area (Å²) in [6.07, 6.45) is 4.17. The molecule has 17 heavy (non-hydrogen) atoms. The summed E-state index contributed by atoms with van der Waals surface area (Å²) in [6, 6.07) is 0. The number of alkyl halides is 2. The fourth-order valence-corrected chi connectivity index (χ4v) is 2.83. The normalized spacial score (nSPS) is 18.6. The second-order valence-electron chi connectivity index (χ2n) is 4.87. The zero-order chi connectivity index (χ0) is 12.9. The maximum Gasteiger partial charge on any atom is 0.223 e. The van der Waals surface area contributed by atoms with Crippen molar-refractivity contribution in [2.24, 2.45) is 0 Å². The van der Waals surface area contributed by atoms with Gasteiger partial charge in [0, 0.05) is 18.9 Å². The van der Waals surface area contributed by atoms with Crippen LogP contribution in [0.4, 0.5) is 0 Å². The van der Waals surface area contributed by atoms with E-state index in [1.807, 2.05) is 6.92 Å². The quantitative estimate of drug-likeness (QED) is 0.729. The molecule has 1 aliphatic carbocycles. The van der Waals surface area contributed by atoms with Gasteiger partial charge in [0.25, 0.3) is 0 Å². The highest BCUT2D eigenvalue weighted by Gasteiger charge is 2.40. The molecule has 0 aromatic heterocycles. The van der Waals surface area contributed by atoms with Gasteiger partial charge in [0.2, 0.25) is 5.91 Å². The summed E-state index contributed by atoms with van der Waals surface area (Å²) in [5.74, 6) is 0.645. The van der Waals surface area contributed by atoms with E-state index in [0.29, 0.717) is 18.2 Å². The van der Waals surface area contributed by atoms with Gasteiger partial charge in [-0.3, -0.25) is 4.79 Å². The molecule has 0 spiro atoms. The van der Waals surface area contributed by atoms with Gasteiger partial charge < -0.3 is 10.1 Å². The topological polar surface area (TPSA) is 38.3 Å². The predicted octanol–water partition coefficient (Wildman–Crippen LogP) is 2.69. The minimum absolute atomic E-state index is 0.0188. The molecule has 0 unspecified atom stereocenters. The van der Waals surface area contributed by atoms with Crippen molar-refractivity contribution in [1.29, 1.82) is 0 Å². The Labute approximate surface area is 113 Å². The first-order valence-corrected chi connectivity index (χ1v) is 7.10. The van der Waals surface area contributed by atoms with Crippen molar-refractivity contribution in [3.05, 3.63) is 0 Å². The molecule has 1 rings (SSSR count). The molecule has 0 aliphatic heterocycles. The summed E-state index contributed by atoms with van der Waals surface area (Å²) in [5.41, 5.74) is -0.735. The van der Waals surface area contributed by atoms with Crippen molar-refractivity contribution in [3.8, 4) is 0 Å². The van der Waals surface area contributed by atoms with Gasteiger partial charge >= 0.3 is 0 Å². The van der Waals surface area contributed by atoms with Gasteiger partial charge in [-0.15, -0.1) is 23.2 Å². The third-order valence-corrected chi connectivity index (χ3v) is 4.80. The van der Waals surface area contributed by atoms with E-state index in [9.17, 15) is 4.79 Å². The van der Waals surface area contributed by atoms with Gasteiger partial charge in [-0.25, -0.2) is 0 Å². The molecule has 100 valence electrons. The zero-order valence-corrected chi connectivity index (χ0v) is 12.0. The molecule has 0 bridgehead atoms. The molecule has 5 heteroatoms. The molecule has 0 saturated heterocycles. The number of rotatable bonds is 7. The largest absolute Gasteiger partial charge is 0.378 e. The Morgan fingerprint density at radius 3 is 2.29 bits per heavy atom. The summed E-state index contributed by atoms with van der Waals surface area (Å²) in [7, 11) is 1.67. The van der Waals surface area contributed by atoms with E-state index in [1.165, 1.54) is 0 Å². The summed E-state index contributed by atoms with van der Waals surface area (Å²) >= 11 is 11.8. The maximum absolute atomic E-state index is 12.0. The van der Waals surface area contributed by atoms with Crippen molar-refractivity contribution in [3.63, 3.8) is 0 Å². The number of hydrogen-bond acceptors (Lipinski definition) is 2. The lowest BCUT2D eigenvalue weighted by molar-refractivity contribution is -0.135. The minimum Gasteiger partial charge on any atom is -0.378 e. The molecule has 1 aliphatic rings. The van der Waals surface area contributed by atoms with E-state index in [0.717, 1.165) is 25.7 Å². The number of nitrogens with one attached hydrogen (secondary N) is 1. The van der Waals surface area contributed by atoms with Crippen molar-refractivity contribution >= 4 is 29.1 Å². The smallest absolute Gasteiger partial charge is 0.223 e. The Kier molecular flexibility index (Phi) is 5.55. The van der Waals surface area contributed by atoms with Crippen LogP contribution in [-0.4, -0.2) is 35.9 Å². The van der Waals surface area contributed by atoms with Crippen LogP contribution in [0, 0.1) is 0 Å². The first-order chi connectivity index (χ1) is 8.05. The number of methoxy groups -OCH3 is 1.